The number of nitrogens with zero attached hydrogens (tertiary/aromatic N) is 2. The van der Waals surface area contributed by atoms with Crippen LogP contribution in [0.2, 0.25) is 0 Å². The second-order valence-corrected chi connectivity index (χ2v) is 6.69. The molecule has 2 aromatic carbocycles. The fourth-order valence-electron chi connectivity index (χ4n) is 2.51. The standard InChI is InChI=1S/C21H19N3OS/c1-14-6-4-9-19(15(14)2)23-12-17(11-22)21-24-20(13-26-21)16-7-5-8-18(10-16)25-3/h4-10,12-13,23H,1-3H3/b17-12-. The summed E-state index contributed by atoms with van der Waals surface area (Å²) in [6.07, 6.45) is 1.72. The second kappa shape index (κ2) is 7.85. The molecule has 0 aliphatic heterocycles. The van der Waals surface area contributed by atoms with Gasteiger partial charge in [-0.15, -0.1) is 11.3 Å². The van der Waals surface area contributed by atoms with Gasteiger partial charge in [-0.3, -0.25) is 0 Å². The van der Waals surface area contributed by atoms with Gasteiger partial charge in [0.25, 0.3) is 0 Å². The van der Waals surface area contributed by atoms with Crippen LogP contribution in [-0.4, -0.2) is 12.1 Å². The Morgan fingerprint density at radius 2 is 2.04 bits per heavy atom. The van der Waals surface area contributed by atoms with E-state index < -0.39 is 0 Å². The van der Waals surface area contributed by atoms with Crippen LogP contribution < -0.4 is 10.1 Å². The van der Waals surface area contributed by atoms with Crippen LogP contribution in [0.5, 0.6) is 5.75 Å². The fraction of sp³-hybridized carbons (Fsp3) is 0.143. The van der Waals surface area contributed by atoms with Crippen LogP contribution in [0.1, 0.15) is 16.1 Å². The highest BCUT2D eigenvalue weighted by atomic mass is 32.1. The van der Waals surface area contributed by atoms with Crippen molar-refractivity contribution in [2.75, 3.05) is 12.4 Å². The largest absolute Gasteiger partial charge is 0.497 e. The Balaban J connectivity index is 1.86. The molecule has 0 aliphatic rings. The summed E-state index contributed by atoms with van der Waals surface area (Å²) in [5.74, 6) is 0.782. The van der Waals surface area contributed by atoms with Crippen molar-refractivity contribution in [3.63, 3.8) is 0 Å². The van der Waals surface area contributed by atoms with Crippen molar-refractivity contribution in [1.29, 1.82) is 5.26 Å². The number of hydrogen-bond donors (Lipinski definition) is 1. The van der Waals surface area contributed by atoms with E-state index in [9.17, 15) is 5.26 Å². The van der Waals surface area contributed by atoms with Gasteiger partial charge in [-0.25, -0.2) is 4.98 Å². The smallest absolute Gasteiger partial charge is 0.136 e. The number of nitrogens with one attached hydrogen (secondary N) is 1. The van der Waals surface area contributed by atoms with Gasteiger partial charge in [0.05, 0.1) is 12.8 Å². The molecule has 5 heteroatoms. The molecule has 0 fully saturated rings. The number of ether oxygens (including phenoxy) is 1. The Morgan fingerprint density at radius 1 is 1.23 bits per heavy atom. The molecule has 0 amide bonds. The summed E-state index contributed by atoms with van der Waals surface area (Å²) < 4.78 is 5.26. The molecule has 1 heterocycles. The summed E-state index contributed by atoms with van der Waals surface area (Å²) in [7, 11) is 1.64. The van der Waals surface area contributed by atoms with E-state index in [1.54, 1.807) is 13.3 Å². The van der Waals surface area contributed by atoms with Crippen molar-refractivity contribution >= 4 is 22.6 Å². The summed E-state index contributed by atoms with van der Waals surface area (Å²) in [5, 5.41) is 15.4. The molecule has 0 aliphatic carbocycles. The van der Waals surface area contributed by atoms with Gasteiger partial charge >= 0.3 is 0 Å². The normalized spacial score (nSPS) is 11.1. The molecular weight excluding hydrogens is 342 g/mol. The Morgan fingerprint density at radius 3 is 2.81 bits per heavy atom. The Hall–Kier alpha value is -3.10. The highest BCUT2D eigenvalue weighted by molar-refractivity contribution is 7.11. The number of rotatable bonds is 5. The Bertz CT molecular complexity index is 998. The van der Waals surface area contributed by atoms with Gasteiger partial charge in [-0.1, -0.05) is 24.3 Å². The molecule has 3 rings (SSSR count). The summed E-state index contributed by atoms with van der Waals surface area (Å²) in [5.41, 5.74) is 5.66. The van der Waals surface area contributed by atoms with Gasteiger partial charge in [0.15, 0.2) is 0 Å². The zero-order chi connectivity index (χ0) is 18.5. The minimum Gasteiger partial charge on any atom is -0.497 e. The van der Waals surface area contributed by atoms with Crippen LogP contribution in [0.3, 0.4) is 0 Å². The Labute approximate surface area is 157 Å². The molecule has 1 aromatic heterocycles. The van der Waals surface area contributed by atoms with Gasteiger partial charge in [-0.05, 0) is 43.2 Å². The van der Waals surface area contributed by atoms with Crippen LogP contribution in [-0.2, 0) is 0 Å². The molecule has 130 valence electrons. The minimum absolute atomic E-state index is 0.505. The monoisotopic (exact) mass is 361 g/mol. The van der Waals surface area contributed by atoms with Crippen LogP contribution in [0.15, 0.2) is 54.0 Å². The lowest BCUT2D eigenvalue weighted by Gasteiger charge is -2.08. The van der Waals surface area contributed by atoms with Gasteiger partial charge in [0.2, 0.25) is 0 Å². The van der Waals surface area contributed by atoms with Crippen LogP contribution in [0, 0.1) is 25.2 Å². The molecule has 0 saturated heterocycles. The maximum absolute atomic E-state index is 9.53. The minimum atomic E-state index is 0.505. The third-order valence-electron chi connectivity index (χ3n) is 4.20. The molecule has 0 unspecified atom stereocenters. The number of aromatic nitrogens is 1. The van der Waals surface area contributed by atoms with E-state index in [-0.39, 0.29) is 0 Å². The predicted octanol–water partition coefficient (Wildman–Crippen LogP) is 5.41. The number of allylic oxidation sites excluding steroid dienone is 1. The van der Waals surface area contributed by atoms with Crippen molar-refractivity contribution in [2.24, 2.45) is 0 Å². The molecule has 0 saturated carbocycles. The first-order valence-corrected chi connectivity index (χ1v) is 9.03. The second-order valence-electron chi connectivity index (χ2n) is 5.83. The summed E-state index contributed by atoms with van der Waals surface area (Å²) in [6.45, 7) is 4.12. The highest BCUT2D eigenvalue weighted by Crippen LogP contribution is 2.28. The van der Waals surface area contributed by atoms with Crippen LogP contribution in [0.25, 0.3) is 16.8 Å². The molecule has 0 atom stereocenters. The molecule has 3 aromatic rings. The van der Waals surface area contributed by atoms with E-state index in [0.717, 1.165) is 28.3 Å². The quantitative estimate of drug-likeness (QED) is 0.617. The van der Waals surface area contributed by atoms with Crippen molar-refractivity contribution in [3.05, 3.63) is 70.2 Å². The van der Waals surface area contributed by atoms with Gasteiger partial charge in [-0.2, -0.15) is 5.26 Å². The zero-order valence-corrected chi connectivity index (χ0v) is 15.7. The third-order valence-corrected chi connectivity index (χ3v) is 5.07. The molecule has 4 nitrogen and oxygen atoms in total. The summed E-state index contributed by atoms with van der Waals surface area (Å²) in [4.78, 5) is 4.61. The van der Waals surface area contributed by atoms with Crippen molar-refractivity contribution in [3.8, 4) is 23.1 Å². The van der Waals surface area contributed by atoms with E-state index in [0.29, 0.717) is 10.6 Å². The van der Waals surface area contributed by atoms with Crippen LogP contribution in [0.4, 0.5) is 5.69 Å². The first-order chi connectivity index (χ1) is 12.6. The molecule has 1 N–H and O–H groups in total. The predicted molar refractivity (Wildman–Crippen MR) is 107 cm³/mol. The lowest BCUT2D eigenvalue weighted by atomic mass is 10.1. The van der Waals surface area contributed by atoms with Gasteiger partial charge in [0, 0.05) is 22.8 Å². The molecule has 0 bridgehead atoms. The third kappa shape index (κ3) is 3.76. The number of hydrogen-bond acceptors (Lipinski definition) is 5. The summed E-state index contributed by atoms with van der Waals surface area (Å²) in [6, 6.07) is 16.0. The Kier molecular flexibility index (Phi) is 5.35. The first kappa shape index (κ1) is 17.7. The van der Waals surface area contributed by atoms with E-state index in [1.165, 1.54) is 16.9 Å². The maximum atomic E-state index is 9.53. The molecule has 0 radical (unpaired) electrons. The van der Waals surface area contributed by atoms with E-state index in [1.807, 2.05) is 41.8 Å². The van der Waals surface area contributed by atoms with Gasteiger partial charge < -0.3 is 10.1 Å². The average Bonchev–Trinajstić information content (AvgIpc) is 3.15. The zero-order valence-electron chi connectivity index (χ0n) is 14.9. The first-order valence-electron chi connectivity index (χ1n) is 8.15. The number of benzene rings is 2. The topological polar surface area (TPSA) is 57.9 Å². The van der Waals surface area contributed by atoms with Gasteiger partial charge in [0.1, 0.15) is 22.4 Å². The number of nitriles is 1. The lowest BCUT2D eigenvalue weighted by Crippen LogP contribution is -1.95. The maximum Gasteiger partial charge on any atom is 0.136 e. The van der Waals surface area contributed by atoms with E-state index in [2.05, 4.69) is 36.3 Å². The number of thiazole rings is 1. The van der Waals surface area contributed by atoms with Crippen molar-refractivity contribution < 1.29 is 4.74 Å². The fourth-order valence-corrected chi connectivity index (χ4v) is 3.31. The lowest BCUT2D eigenvalue weighted by molar-refractivity contribution is 0.415. The molecule has 26 heavy (non-hydrogen) atoms. The average molecular weight is 361 g/mol. The van der Waals surface area contributed by atoms with Crippen molar-refractivity contribution in [1.82, 2.24) is 4.98 Å². The molecular formula is C21H19N3OS. The number of methoxy groups -OCH3 is 1. The highest BCUT2D eigenvalue weighted by Gasteiger charge is 2.10. The van der Waals surface area contributed by atoms with Crippen LogP contribution >= 0.6 is 11.3 Å². The van der Waals surface area contributed by atoms with E-state index >= 15 is 0 Å². The number of anilines is 1. The molecule has 0 spiro atoms. The van der Waals surface area contributed by atoms with E-state index in [4.69, 9.17) is 4.74 Å². The number of aryl methyl sites for hydroxylation is 1. The SMILES string of the molecule is COc1cccc(-c2csc(/C(C#N)=C\Nc3cccc(C)c3C)n2)c1. The van der Waals surface area contributed by atoms with Crippen molar-refractivity contribution in [2.45, 2.75) is 13.8 Å². The summed E-state index contributed by atoms with van der Waals surface area (Å²) >= 11 is 1.45.